The van der Waals surface area contributed by atoms with E-state index in [4.69, 9.17) is 0 Å². The van der Waals surface area contributed by atoms with E-state index in [1.54, 1.807) is 0 Å². The highest BCUT2D eigenvalue weighted by molar-refractivity contribution is 9.10. The lowest BCUT2D eigenvalue weighted by Gasteiger charge is -2.43. The van der Waals surface area contributed by atoms with Crippen molar-refractivity contribution in [3.05, 3.63) is 16.4 Å². The molecule has 0 amide bonds. The normalized spacial score (nSPS) is 23.8. The van der Waals surface area contributed by atoms with Gasteiger partial charge in [0, 0.05) is 7.05 Å². The molecule has 20 heavy (non-hydrogen) atoms. The van der Waals surface area contributed by atoms with Gasteiger partial charge < -0.3 is 5.32 Å². The minimum atomic E-state index is 0.395. The van der Waals surface area contributed by atoms with E-state index >= 15 is 0 Å². The Morgan fingerprint density at radius 1 is 1.50 bits per heavy atom. The number of nitrogens with one attached hydrogen (secondary N) is 1. The lowest BCUT2D eigenvalue weighted by Crippen LogP contribution is -2.40. The molecule has 3 nitrogen and oxygen atoms in total. The van der Waals surface area contributed by atoms with Gasteiger partial charge >= 0.3 is 0 Å². The number of nitrogens with zero attached hydrogens (tertiary/aromatic N) is 2. The maximum absolute atomic E-state index is 4.42. The molecular weight excluding hydrogens is 314 g/mol. The minimum absolute atomic E-state index is 0.395. The van der Waals surface area contributed by atoms with Gasteiger partial charge in [-0.2, -0.15) is 5.10 Å². The third-order valence-corrected chi connectivity index (χ3v) is 5.45. The van der Waals surface area contributed by atoms with Gasteiger partial charge in [0.2, 0.25) is 0 Å². The fraction of sp³-hybridized carbons (Fsp3) is 0.812. The largest absolute Gasteiger partial charge is 0.308 e. The molecule has 0 spiro atoms. The van der Waals surface area contributed by atoms with Crippen LogP contribution in [-0.4, -0.2) is 16.3 Å². The molecule has 4 heteroatoms. The van der Waals surface area contributed by atoms with Gasteiger partial charge in [-0.15, -0.1) is 0 Å². The molecule has 0 saturated heterocycles. The molecule has 1 aliphatic rings. The summed E-state index contributed by atoms with van der Waals surface area (Å²) in [4.78, 5) is 0. The molecule has 2 unspecified atom stereocenters. The Hall–Kier alpha value is -0.350. The Labute approximate surface area is 131 Å². The predicted octanol–water partition coefficient (Wildman–Crippen LogP) is 4.44. The average molecular weight is 342 g/mol. The number of aryl methyl sites for hydroxylation is 1. The first kappa shape index (κ1) is 16.0. The van der Waals surface area contributed by atoms with E-state index in [1.807, 2.05) is 10.9 Å². The monoisotopic (exact) mass is 341 g/mol. The summed E-state index contributed by atoms with van der Waals surface area (Å²) >= 11 is 3.69. The molecule has 1 N–H and O–H groups in total. The summed E-state index contributed by atoms with van der Waals surface area (Å²) in [5.74, 6) is 0.675. The van der Waals surface area contributed by atoms with Gasteiger partial charge in [0.05, 0.1) is 22.4 Å². The van der Waals surface area contributed by atoms with Crippen molar-refractivity contribution in [2.24, 2.45) is 18.4 Å². The van der Waals surface area contributed by atoms with Gasteiger partial charge in [0.15, 0.2) is 0 Å². The van der Waals surface area contributed by atoms with E-state index in [0.29, 0.717) is 17.4 Å². The first-order valence-electron chi connectivity index (χ1n) is 7.88. The number of halogens is 1. The van der Waals surface area contributed by atoms with E-state index in [-0.39, 0.29) is 0 Å². The molecule has 1 aromatic heterocycles. The van der Waals surface area contributed by atoms with Crippen LogP contribution in [0.25, 0.3) is 0 Å². The highest BCUT2D eigenvalue weighted by atomic mass is 79.9. The number of aromatic nitrogens is 2. The molecule has 114 valence electrons. The van der Waals surface area contributed by atoms with Crippen LogP contribution in [0.4, 0.5) is 0 Å². The zero-order valence-corrected chi connectivity index (χ0v) is 14.8. The van der Waals surface area contributed by atoms with Crippen molar-refractivity contribution in [1.29, 1.82) is 0 Å². The van der Waals surface area contributed by atoms with Crippen molar-refractivity contribution in [1.82, 2.24) is 15.1 Å². The summed E-state index contributed by atoms with van der Waals surface area (Å²) in [6, 6.07) is 0.395. The van der Waals surface area contributed by atoms with Gasteiger partial charge in [-0.05, 0) is 53.1 Å². The van der Waals surface area contributed by atoms with Crippen LogP contribution in [0.5, 0.6) is 0 Å². The van der Waals surface area contributed by atoms with Crippen LogP contribution >= 0.6 is 15.9 Å². The Morgan fingerprint density at radius 3 is 2.80 bits per heavy atom. The van der Waals surface area contributed by atoms with Crippen LogP contribution in [0.2, 0.25) is 0 Å². The fourth-order valence-electron chi connectivity index (χ4n) is 3.64. The van der Waals surface area contributed by atoms with Crippen molar-refractivity contribution in [2.45, 2.75) is 58.9 Å². The maximum atomic E-state index is 4.42. The highest BCUT2D eigenvalue weighted by Gasteiger charge is 2.39. The van der Waals surface area contributed by atoms with E-state index in [0.717, 1.165) is 11.0 Å². The van der Waals surface area contributed by atoms with Crippen LogP contribution in [0.1, 0.15) is 64.6 Å². The number of rotatable bonds is 5. The smallest absolute Gasteiger partial charge is 0.0695 e. The number of hydrogen-bond acceptors (Lipinski definition) is 2. The lowest BCUT2D eigenvalue weighted by atomic mass is 9.65. The summed E-state index contributed by atoms with van der Waals surface area (Å²) in [5.41, 5.74) is 1.70. The first-order valence-corrected chi connectivity index (χ1v) is 8.67. The zero-order chi connectivity index (χ0) is 14.8. The second-order valence-electron chi connectivity index (χ2n) is 6.77. The molecule has 2 atom stereocenters. The molecule has 0 bridgehead atoms. The summed E-state index contributed by atoms with van der Waals surface area (Å²) in [7, 11) is 2.05. The van der Waals surface area contributed by atoms with Gasteiger partial charge in [0.25, 0.3) is 0 Å². The molecule has 1 aromatic rings. The van der Waals surface area contributed by atoms with E-state index in [2.05, 4.69) is 54.2 Å². The number of hydrogen-bond donors (Lipinski definition) is 1. The Balaban J connectivity index is 2.32. The van der Waals surface area contributed by atoms with Crippen molar-refractivity contribution < 1.29 is 0 Å². The molecule has 2 rings (SSSR count). The quantitative estimate of drug-likeness (QED) is 0.857. The van der Waals surface area contributed by atoms with Gasteiger partial charge in [-0.25, -0.2) is 0 Å². The predicted molar refractivity (Wildman–Crippen MR) is 87.7 cm³/mol. The van der Waals surface area contributed by atoms with E-state index < -0.39 is 0 Å². The van der Waals surface area contributed by atoms with Crippen molar-refractivity contribution >= 4 is 15.9 Å². The third-order valence-electron chi connectivity index (χ3n) is 4.84. The van der Waals surface area contributed by atoms with E-state index in [1.165, 1.54) is 37.8 Å². The SMILES string of the molecule is CCCNC(c1c(Br)cnn1C)C1CCCCC1(C)C. The van der Waals surface area contributed by atoms with Crippen molar-refractivity contribution in [2.75, 3.05) is 6.54 Å². The summed E-state index contributed by atoms with van der Waals surface area (Å²) in [6.07, 6.45) is 8.46. The second kappa shape index (κ2) is 6.61. The molecule has 1 aliphatic carbocycles. The average Bonchev–Trinajstić information content (AvgIpc) is 2.72. The molecule has 0 aliphatic heterocycles. The Bertz CT molecular complexity index is 419. The second-order valence-corrected chi connectivity index (χ2v) is 7.63. The highest BCUT2D eigenvalue weighted by Crippen LogP contribution is 2.47. The minimum Gasteiger partial charge on any atom is -0.308 e. The van der Waals surface area contributed by atoms with Crippen LogP contribution in [-0.2, 0) is 7.05 Å². The Morgan fingerprint density at radius 2 is 2.25 bits per heavy atom. The standard InChI is InChI=1S/C16H28BrN3/c1-5-10-18-14(15-13(17)11-19-20(15)4)12-8-6-7-9-16(12,2)3/h11-12,14,18H,5-10H2,1-4H3. The molecular formula is C16H28BrN3. The van der Waals surface area contributed by atoms with Gasteiger partial charge in [-0.3, -0.25) is 4.68 Å². The van der Waals surface area contributed by atoms with Crippen LogP contribution in [0.3, 0.4) is 0 Å². The lowest BCUT2D eigenvalue weighted by molar-refractivity contribution is 0.0948. The third kappa shape index (κ3) is 3.28. The van der Waals surface area contributed by atoms with Crippen LogP contribution in [0, 0.1) is 11.3 Å². The Kier molecular flexibility index (Phi) is 5.30. The molecule has 1 saturated carbocycles. The molecule has 0 aromatic carbocycles. The molecule has 1 fully saturated rings. The van der Waals surface area contributed by atoms with Crippen molar-refractivity contribution in [3.63, 3.8) is 0 Å². The summed E-state index contributed by atoms with van der Waals surface area (Å²) in [5, 5.41) is 8.21. The van der Waals surface area contributed by atoms with Crippen LogP contribution < -0.4 is 5.32 Å². The van der Waals surface area contributed by atoms with E-state index in [9.17, 15) is 0 Å². The maximum Gasteiger partial charge on any atom is 0.0695 e. The van der Waals surface area contributed by atoms with Gasteiger partial charge in [0.1, 0.15) is 0 Å². The fourth-order valence-corrected chi connectivity index (χ4v) is 4.23. The first-order chi connectivity index (χ1) is 9.47. The molecule has 1 heterocycles. The summed E-state index contributed by atoms with van der Waals surface area (Å²) in [6.45, 7) is 8.16. The van der Waals surface area contributed by atoms with Gasteiger partial charge in [-0.1, -0.05) is 33.6 Å². The molecule has 0 radical (unpaired) electrons. The van der Waals surface area contributed by atoms with Crippen molar-refractivity contribution in [3.8, 4) is 0 Å². The zero-order valence-electron chi connectivity index (χ0n) is 13.2. The topological polar surface area (TPSA) is 29.9 Å². The van der Waals surface area contributed by atoms with Crippen LogP contribution in [0.15, 0.2) is 10.7 Å². The summed E-state index contributed by atoms with van der Waals surface area (Å²) < 4.78 is 3.16.